The van der Waals surface area contributed by atoms with E-state index < -0.39 is 0 Å². The average Bonchev–Trinajstić information content (AvgIpc) is 2.99. The topological polar surface area (TPSA) is 61.4 Å². The van der Waals surface area contributed by atoms with Crippen molar-refractivity contribution in [2.75, 3.05) is 23.7 Å². The molecule has 26 heavy (non-hydrogen) atoms. The van der Waals surface area contributed by atoms with Crippen LogP contribution < -0.4 is 10.6 Å². The van der Waals surface area contributed by atoms with Gasteiger partial charge < -0.3 is 15.5 Å². The molecule has 5 nitrogen and oxygen atoms in total. The zero-order chi connectivity index (χ0) is 18.5. The van der Waals surface area contributed by atoms with Crippen LogP contribution in [0, 0.1) is 6.92 Å². The highest BCUT2D eigenvalue weighted by Crippen LogP contribution is 2.26. The first kappa shape index (κ1) is 17.7. The van der Waals surface area contributed by atoms with E-state index >= 15 is 0 Å². The van der Waals surface area contributed by atoms with E-state index in [-0.39, 0.29) is 17.9 Å². The van der Waals surface area contributed by atoms with E-state index in [1.807, 2.05) is 43.3 Å². The van der Waals surface area contributed by atoms with Gasteiger partial charge in [-0.3, -0.25) is 9.59 Å². The molecule has 0 aromatic heterocycles. The molecule has 134 valence electrons. The van der Waals surface area contributed by atoms with Gasteiger partial charge in [-0.2, -0.15) is 0 Å². The van der Waals surface area contributed by atoms with Crippen molar-refractivity contribution in [1.29, 1.82) is 0 Å². The zero-order valence-electron chi connectivity index (χ0n) is 14.9. The van der Waals surface area contributed by atoms with E-state index in [1.54, 1.807) is 23.1 Å². The van der Waals surface area contributed by atoms with Gasteiger partial charge in [0, 0.05) is 30.0 Å². The highest BCUT2D eigenvalue weighted by molar-refractivity contribution is 6.05. The lowest BCUT2D eigenvalue weighted by atomic mass is 10.1. The molecule has 1 atom stereocenters. The van der Waals surface area contributed by atoms with Gasteiger partial charge >= 0.3 is 0 Å². The van der Waals surface area contributed by atoms with Gasteiger partial charge in [-0.05, 0) is 43.2 Å². The number of anilines is 2. The Bertz CT molecular complexity index is 817. The van der Waals surface area contributed by atoms with Crippen LogP contribution in [0.2, 0.25) is 0 Å². The van der Waals surface area contributed by atoms with Gasteiger partial charge in [0.05, 0.1) is 0 Å². The Hall–Kier alpha value is -3.08. The molecule has 0 radical (unpaired) electrons. The summed E-state index contributed by atoms with van der Waals surface area (Å²) in [5, 5.41) is 6.27. The fourth-order valence-corrected chi connectivity index (χ4v) is 3.11. The maximum Gasteiger partial charge on any atom is 0.255 e. The lowest BCUT2D eigenvalue weighted by molar-refractivity contribution is -0.127. The van der Waals surface area contributed by atoms with Crippen LogP contribution in [-0.2, 0) is 4.79 Å². The number of nitrogens with zero attached hydrogens (tertiary/aromatic N) is 1. The molecule has 2 aromatic rings. The summed E-state index contributed by atoms with van der Waals surface area (Å²) in [6.45, 7) is 6.93. The molecule has 1 saturated heterocycles. The number of likely N-dealkylation sites (tertiary alicyclic amines) is 1. The summed E-state index contributed by atoms with van der Waals surface area (Å²) in [6, 6.07) is 14.5. The van der Waals surface area contributed by atoms with Crippen molar-refractivity contribution >= 4 is 23.2 Å². The first-order valence-electron chi connectivity index (χ1n) is 8.72. The van der Waals surface area contributed by atoms with Crippen LogP contribution in [0.3, 0.4) is 0 Å². The zero-order valence-corrected chi connectivity index (χ0v) is 14.9. The van der Waals surface area contributed by atoms with Crippen LogP contribution in [0.4, 0.5) is 11.4 Å². The molecule has 1 aliphatic heterocycles. The summed E-state index contributed by atoms with van der Waals surface area (Å²) in [7, 11) is 0. The minimum absolute atomic E-state index is 0.0861. The van der Waals surface area contributed by atoms with E-state index in [4.69, 9.17) is 0 Å². The van der Waals surface area contributed by atoms with Gasteiger partial charge in [0.2, 0.25) is 5.91 Å². The average molecular weight is 349 g/mol. The highest BCUT2D eigenvalue weighted by atomic mass is 16.2. The Balaban J connectivity index is 1.72. The molecule has 2 N–H and O–H groups in total. The number of carbonyl (C=O) groups is 2. The van der Waals surface area contributed by atoms with Crippen molar-refractivity contribution in [3.05, 3.63) is 72.3 Å². The van der Waals surface area contributed by atoms with E-state index in [0.29, 0.717) is 12.1 Å². The molecule has 2 aromatic carbocycles. The molecule has 0 aliphatic carbocycles. The number of hydrogen-bond acceptors (Lipinski definition) is 3. The van der Waals surface area contributed by atoms with Gasteiger partial charge in [-0.25, -0.2) is 0 Å². The lowest BCUT2D eigenvalue weighted by Crippen LogP contribution is -2.33. The molecule has 5 heteroatoms. The van der Waals surface area contributed by atoms with Gasteiger partial charge in [0.1, 0.15) is 6.04 Å². The van der Waals surface area contributed by atoms with Gasteiger partial charge in [0.25, 0.3) is 5.91 Å². The molecule has 3 rings (SSSR count). The maximum atomic E-state index is 12.4. The molecule has 1 fully saturated rings. The fourth-order valence-electron chi connectivity index (χ4n) is 3.11. The standard InChI is InChI=1S/C21H23N3O2/c1-3-13-24-14-12-19(21(24)26)22-17-10-7-11-18(15(17)2)23-20(25)16-8-5-4-6-9-16/h3-11,19,22H,1,12-14H2,2H3,(H,23,25)/t19-/m1/s1. The van der Waals surface area contributed by atoms with E-state index in [9.17, 15) is 9.59 Å². The summed E-state index contributed by atoms with van der Waals surface area (Å²) in [5.41, 5.74) is 3.11. The molecule has 0 unspecified atom stereocenters. The SMILES string of the molecule is C=CCN1CC[C@@H](Nc2cccc(NC(=O)c3ccccc3)c2C)C1=O. The van der Waals surface area contributed by atoms with Crippen LogP contribution in [0.25, 0.3) is 0 Å². The number of hydrogen-bond donors (Lipinski definition) is 2. The molecule has 0 saturated carbocycles. The van der Waals surface area contributed by atoms with Crippen molar-refractivity contribution in [1.82, 2.24) is 4.90 Å². The van der Waals surface area contributed by atoms with Crippen molar-refractivity contribution in [3.63, 3.8) is 0 Å². The van der Waals surface area contributed by atoms with Crippen LogP contribution in [0.5, 0.6) is 0 Å². The minimum Gasteiger partial charge on any atom is -0.373 e. The third-order valence-corrected chi connectivity index (χ3v) is 4.59. The second kappa shape index (κ2) is 7.87. The van der Waals surface area contributed by atoms with Gasteiger partial charge in [-0.15, -0.1) is 6.58 Å². The summed E-state index contributed by atoms with van der Waals surface area (Å²) in [4.78, 5) is 26.6. The van der Waals surface area contributed by atoms with Crippen LogP contribution in [-0.4, -0.2) is 35.8 Å². The number of carbonyl (C=O) groups excluding carboxylic acids is 2. The van der Waals surface area contributed by atoms with Crippen LogP contribution >= 0.6 is 0 Å². The minimum atomic E-state index is -0.242. The normalized spacial score (nSPS) is 16.4. The maximum absolute atomic E-state index is 12.4. The quantitative estimate of drug-likeness (QED) is 0.785. The van der Waals surface area contributed by atoms with Crippen LogP contribution in [0.15, 0.2) is 61.2 Å². The first-order valence-corrected chi connectivity index (χ1v) is 8.72. The molecule has 1 aliphatic rings. The molecule has 1 heterocycles. The second-order valence-corrected chi connectivity index (χ2v) is 6.36. The molecular formula is C21H23N3O2. The third-order valence-electron chi connectivity index (χ3n) is 4.59. The Morgan fingerprint density at radius 2 is 1.92 bits per heavy atom. The van der Waals surface area contributed by atoms with Crippen LogP contribution in [0.1, 0.15) is 22.3 Å². The van der Waals surface area contributed by atoms with Crippen molar-refractivity contribution in [3.8, 4) is 0 Å². The Labute approximate surface area is 153 Å². The predicted molar refractivity (Wildman–Crippen MR) is 104 cm³/mol. The number of benzene rings is 2. The Morgan fingerprint density at radius 1 is 1.19 bits per heavy atom. The van der Waals surface area contributed by atoms with Crippen molar-refractivity contribution in [2.45, 2.75) is 19.4 Å². The molecule has 2 amide bonds. The number of nitrogens with one attached hydrogen (secondary N) is 2. The second-order valence-electron chi connectivity index (χ2n) is 6.36. The van der Waals surface area contributed by atoms with Gasteiger partial charge in [0.15, 0.2) is 0 Å². The third kappa shape index (κ3) is 3.77. The summed E-state index contributed by atoms with van der Waals surface area (Å²) >= 11 is 0. The van der Waals surface area contributed by atoms with E-state index in [0.717, 1.165) is 29.9 Å². The smallest absolute Gasteiger partial charge is 0.255 e. The molecule has 0 bridgehead atoms. The molecule has 0 spiro atoms. The number of rotatable bonds is 6. The monoisotopic (exact) mass is 349 g/mol. The Kier molecular flexibility index (Phi) is 5.37. The van der Waals surface area contributed by atoms with E-state index in [2.05, 4.69) is 17.2 Å². The predicted octanol–water partition coefficient (Wildman–Crippen LogP) is 3.45. The fraction of sp³-hybridized carbons (Fsp3) is 0.238. The number of amides is 2. The summed E-state index contributed by atoms with van der Waals surface area (Å²) < 4.78 is 0. The van der Waals surface area contributed by atoms with Crippen molar-refractivity contribution in [2.24, 2.45) is 0 Å². The summed E-state index contributed by atoms with van der Waals surface area (Å²) in [5.74, 6) is -0.0667. The summed E-state index contributed by atoms with van der Waals surface area (Å²) in [6.07, 6.45) is 2.50. The highest BCUT2D eigenvalue weighted by Gasteiger charge is 2.30. The van der Waals surface area contributed by atoms with E-state index in [1.165, 1.54) is 0 Å². The lowest BCUT2D eigenvalue weighted by Gasteiger charge is -2.18. The first-order chi connectivity index (χ1) is 12.6. The molecular weight excluding hydrogens is 326 g/mol. The Morgan fingerprint density at radius 3 is 2.65 bits per heavy atom. The largest absolute Gasteiger partial charge is 0.373 e. The van der Waals surface area contributed by atoms with Crippen molar-refractivity contribution < 1.29 is 9.59 Å². The van der Waals surface area contributed by atoms with Gasteiger partial charge in [-0.1, -0.05) is 30.3 Å².